The maximum atomic E-state index is 13.4. The monoisotopic (exact) mass is 394 g/mol. The Labute approximate surface area is 165 Å². The van der Waals surface area contributed by atoms with Crippen molar-refractivity contribution >= 4 is 17.5 Å². The summed E-state index contributed by atoms with van der Waals surface area (Å²) >= 11 is 5.92. The Hall–Kier alpha value is -1.17. The Bertz CT molecular complexity index is 697. The van der Waals surface area contributed by atoms with Crippen molar-refractivity contribution in [2.45, 2.75) is 51.3 Å². The lowest BCUT2D eigenvalue weighted by molar-refractivity contribution is -0.122. The summed E-state index contributed by atoms with van der Waals surface area (Å²) < 4.78 is 19.6. The molecule has 1 aliphatic heterocycles. The summed E-state index contributed by atoms with van der Waals surface area (Å²) in [4.78, 5) is 14.1. The zero-order valence-electron chi connectivity index (χ0n) is 15.8. The first-order valence-corrected chi connectivity index (χ1v) is 10.4. The molecule has 4 nitrogen and oxygen atoms in total. The van der Waals surface area contributed by atoms with Crippen LogP contribution in [-0.2, 0) is 16.1 Å². The number of nitrogens with zero attached hydrogens (tertiary/aromatic N) is 1. The fourth-order valence-corrected chi connectivity index (χ4v) is 4.88. The number of rotatable bonds is 6. The molecule has 1 amide bonds. The first-order valence-electron chi connectivity index (χ1n) is 10.0. The Morgan fingerprint density at radius 3 is 2.70 bits per heavy atom. The maximum absolute atomic E-state index is 13.4. The summed E-state index contributed by atoms with van der Waals surface area (Å²) in [5, 5.41) is 3.31. The third kappa shape index (κ3) is 4.82. The molecule has 1 N–H and O–H groups in total. The number of benzene rings is 1. The molecular formula is C21H28ClFN2O2. The van der Waals surface area contributed by atoms with Crippen LogP contribution in [0.3, 0.4) is 0 Å². The predicted molar refractivity (Wildman–Crippen MR) is 103 cm³/mol. The smallest absolute Gasteiger partial charge is 0.217 e. The first kappa shape index (κ1) is 19.2. The van der Waals surface area contributed by atoms with E-state index in [1.54, 1.807) is 13.0 Å². The second-order valence-corrected chi connectivity index (χ2v) is 8.96. The molecule has 0 unspecified atom stereocenters. The first-order chi connectivity index (χ1) is 13.0. The SMILES string of the molecule is CC(=O)N[C@@H]1C[C@@H]2CN(Cc3ccc(F)c(Cl)c3)C[C@@H]2C[C@H]1OCC1CC1. The van der Waals surface area contributed by atoms with Crippen LogP contribution in [0, 0.1) is 23.6 Å². The number of carbonyl (C=O) groups excluding carboxylic acids is 1. The van der Waals surface area contributed by atoms with E-state index >= 15 is 0 Å². The van der Waals surface area contributed by atoms with Gasteiger partial charge in [0.1, 0.15) is 5.82 Å². The average molecular weight is 395 g/mol. The van der Waals surface area contributed by atoms with Crippen molar-refractivity contribution in [3.63, 3.8) is 0 Å². The molecule has 0 radical (unpaired) electrons. The van der Waals surface area contributed by atoms with Crippen molar-refractivity contribution in [3.05, 3.63) is 34.6 Å². The number of halogens is 2. The molecular weight excluding hydrogens is 367 g/mol. The second-order valence-electron chi connectivity index (χ2n) is 8.56. The molecule has 0 aromatic heterocycles. The van der Waals surface area contributed by atoms with Gasteiger partial charge in [-0.25, -0.2) is 4.39 Å². The summed E-state index contributed by atoms with van der Waals surface area (Å²) in [7, 11) is 0. The van der Waals surface area contributed by atoms with Crippen LogP contribution in [0.2, 0.25) is 5.02 Å². The molecule has 4 rings (SSSR count). The van der Waals surface area contributed by atoms with E-state index in [9.17, 15) is 9.18 Å². The van der Waals surface area contributed by atoms with E-state index in [4.69, 9.17) is 16.3 Å². The van der Waals surface area contributed by atoms with Gasteiger partial charge in [0.15, 0.2) is 0 Å². The third-order valence-corrected chi connectivity index (χ3v) is 6.50. The van der Waals surface area contributed by atoms with E-state index in [1.807, 2.05) is 6.07 Å². The molecule has 148 valence electrons. The van der Waals surface area contributed by atoms with E-state index in [1.165, 1.54) is 18.9 Å². The lowest BCUT2D eigenvalue weighted by atomic mass is 9.77. The van der Waals surface area contributed by atoms with E-state index in [2.05, 4.69) is 10.2 Å². The summed E-state index contributed by atoms with van der Waals surface area (Å²) in [5.74, 6) is 1.54. The summed E-state index contributed by atoms with van der Waals surface area (Å²) in [5.41, 5.74) is 1.04. The van der Waals surface area contributed by atoms with Gasteiger partial charge in [0, 0.05) is 33.2 Å². The van der Waals surface area contributed by atoms with Gasteiger partial charge < -0.3 is 10.1 Å². The highest BCUT2D eigenvalue weighted by Crippen LogP contribution is 2.39. The van der Waals surface area contributed by atoms with Crippen molar-refractivity contribution < 1.29 is 13.9 Å². The number of ether oxygens (including phenoxy) is 1. The van der Waals surface area contributed by atoms with Gasteiger partial charge in [-0.15, -0.1) is 0 Å². The molecule has 6 heteroatoms. The third-order valence-electron chi connectivity index (χ3n) is 6.21. The van der Waals surface area contributed by atoms with Crippen LogP contribution in [0.15, 0.2) is 18.2 Å². The van der Waals surface area contributed by atoms with Gasteiger partial charge in [0.05, 0.1) is 17.2 Å². The largest absolute Gasteiger partial charge is 0.376 e. The molecule has 0 spiro atoms. The molecule has 4 atom stereocenters. The Kier molecular flexibility index (Phi) is 5.72. The standard InChI is InChI=1S/C21H28ClFN2O2/c1-13(26)24-20-7-16-10-25(9-15-4-5-19(23)18(22)6-15)11-17(16)8-21(20)27-12-14-2-3-14/h4-6,14,16-17,20-21H,2-3,7-12H2,1H3,(H,24,26)/t16-,17+,20-,21-/m1/s1. The Balaban J connectivity index is 1.38. The number of hydrogen-bond acceptors (Lipinski definition) is 3. The molecule has 27 heavy (non-hydrogen) atoms. The minimum absolute atomic E-state index is 0.0225. The number of amides is 1. The van der Waals surface area contributed by atoms with Crippen LogP contribution in [0.5, 0.6) is 0 Å². The van der Waals surface area contributed by atoms with Gasteiger partial charge in [0.25, 0.3) is 0 Å². The molecule has 1 saturated heterocycles. The highest BCUT2D eigenvalue weighted by atomic mass is 35.5. The Morgan fingerprint density at radius 1 is 1.30 bits per heavy atom. The number of hydrogen-bond donors (Lipinski definition) is 1. The molecule has 2 saturated carbocycles. The van der Waals surface area contributed by atoms with E-state index in [-0.39, 0.29) is 28.9 Å². The second kappa shape index (κ2) is 8.06. The highest BCUT2D eigenvalue weighted by Gasteiger charge is 2.43. The summed E-state index contributed by atoms with van der Waals surface area (Å²) in [6.45, 7) is 5.23. The maximum Gasteiger partial charge on any atom is 0.217 e. The van der Waals surface area contributed by atoms with Gasteiger partial charge in [-0.1, -0.05) is 17.7 Å². The van der Waals surface area contributed by atoms with Crippen LogP contribution in [-0.4, -0.2) is 42.6 Å². The zero-order chi connectivity index (χ0) is 19.0. The van der Waals surface area contributed by atoms with Gasteiger partial charge in [-0.2, -0.15) is 0 Å². The van der Waals surface area contributed by atoms with Crippen molar-refractivity contribution in [1.29, 1.82) is 0 Å². The number of likely N-dealkylation sites (tertiary alicyclic amines) is 1. The van der Waals surface area contributed by atoms with Crippen molar-refractivity contribution in [2.24, 2.45) is 17.8 Å². The Morgan fingerprint density at radius 2 is 2.04 bits per heavy atom. The van der Waals surface area contributed by atoms with Crippen molar-refractivity contribution in [1.82, 2.24) is 10.2 Å². The van der Waals surface area contributed by atoms with E-state index in [0.29, 0.717) is 11.8 Å². The molecule has 1 aromatic rings. The predicted octanol–water partition coefficient (Wildman–Crippen LogP) is 3.62. The van der Waals surface area contributed by atoms with E-state index in [0.717, 1.165) is 50.6 Å². The lowest BCUT2D eigenvalue weighted by Crippen LogP contribution is -2.50. The molecule has 0 bridgehead atoms. The average Bonchev–Trinajstić information content (AvgIpc) is 3.35. The minimum atomic E-state index is -0.371. The van der Waals surface area contributed by atoms with Crippen LogP contribution >= 0.6 is 11.6 Å². The normalized spacial score (nSPS) is 30.9. The van der Waals surface area contributed by atoms with Crippen LogP contribution in [0.25, 0.3) is 0 Å². The zero-order valence-corrected chi connectivity index (χ0v) is 16.6. The van der Waals surface area contributed by atoms with E-state index < -0.39 is 0 Å². The fraction of sp³-hybridized carbons (Fsp3) is 0.667. The van der Waals surface area contributed by atoms with Gasteiger partial charge >= 0.3 is 0 Å². The molecule has 3 fully saturated rings. The summed E-state index contributed by atoms with van der Waals surface area (Å²) in [6.07, 6.45) is 4.65. The van der Waals surface area contributed by atoms with Crippen molar-refractivity contribution in [2.75, 3.05) is 19.7 Å². The number of carbonyl (C=O) groups is 1. The molecule has 1 heterocycles. The topological polar surface area (TPSA) is 41.6 Å². The number of nitrogens with one attached hydrogen (secondary N) is 1. The minimum Gasteiger partial charge on any atom is -0.376 e. The van der Waals surface area contributed by atoms with Crippen LogP contribution in [0.1, 0.15) is 38.2 Å². The van der Waals surface area contributed by atoms with Gasteiger partial charge in [-0.3, -0.25) is 9.69 Å². The molecule has 1 aromatic carbocycles. The van der Waals surface area contributed by atoms with Crippen LogP contribution in [0.4, 0.5) is 4.39 Å². The quantitative estimate of drug-likeness (QED) is 0.801. The summed E-state index contributed by atoms with van der Waals surface area (Å²) in [6, 6.07) is 5.09. The molecule has 2 aliphatic carbocycles. The number of fused-ring (bicyclic) bond motifs is 1. The fourth-order valence-electron chi connectivity index (χ4n) is 4.68. The van der Waals surface area contributed by atoms with Crippen molar-refractivity contribution in [3.8, 4) is 0 Å². The lowest BCUT2D eigenvalue weighted by Gasteiger charge is -2.38. The van der Waals surface area contributed by atoms with Gasteiger partial charge in [-0.05, 0) is 61.1 Å². The molecule has 3 aliphatic rings. The van der Waals surface area contributed by atoms with Gasteiger partial charge in [0.2, 0.25) is 5.91 Å². The van der Waals surface area contributed by atoms with Crippen LogP contribution < -0.4 is 5.32 Å². The highest BCUT2D eigenvalue weighted by molar-refractivity contribution is 6.30.